The van der Waals surface area contributed by atoms with E-state index in [2.05, 4.69) is 43.3 Å². The standard InChI is InChI=1S/C16H21NO2/c1-12-3-5-15-8-13(4-6-14(15)7-12)9-17(2)10-16(19)11-18/h3-8,16,18-19H,9-11H2,1-2H3. The van der Waals surface area contributed by atoms with Gasteiger partial charge in [0.15, 0.2) is 0 Å². The molecule has 3 heteroatoms. The van der Waals surface area contributed by atoms with Crippen molar-refractivity contribution < 1.29 is 10.2 Å². The first-order valence-electron chi connectivity index (χ1n) is 6.55. The summed E-state index contributed by atoms with van der Waals surface area (Å²) in [7, 11) is 1.94. The Morgan fingerprint density at radius 3 is 2.53 bits per heavy atom. The number of fused-ring (bicyclic) bond motifs is 1. The van der Waals surface area contributed by atoms with E-state index in [1.807, 2.05) is 11.9 Å². The highest BCUT2D eigenvalue weighted by atomic mass is 16.3. The van der Waals surface area contributed by atoms with Crippen molar-refractivity contribution in [1.29, 1.82) is 0 Å². The van der Waals surface area contributed by atoms with Gasteiger partial charge in [-0.15, -0.1) is 0 Å². The second-order valence-electron chi connectivity index (χ2n) is 5.22. The summed E-state index contributed by atoms with van der Waals surface area (Å²) in [6.07, 6.45) is -0.673. The van der Waals surface area contributed by atoms with Crippen LogP contribution in [0.5, 0.6) is 0 Å². The molecular weight excluding hydrogens is 238 g/mol. The van der Waals surface area contributed by atoms with Crippen LogP contribution in [-0.2, 0) is 6.54 Å². The van der Waals surface area contributed by atoms with Crippen LogP contribution in [0.15, 0.2) is 36.4 Å². The number of benzene rings is 2. The number of hydrogen-bond acceptors (Lipinski definition) is 3. The van der Waals surface area contributed by atoms with Gasteiger partial charge in [0.2, 0.25) is 0 Å². The van der Waals surface area contributed by atoms with Gasteiger partial charge in [-0.3, -0.25) is 4.90 Å². The van der Waals surface area contributed by atoms with Gasteiger partial charge >= 0.3 is 0 Å². The molecule has 0 fully saturated rings. The predicted octanol–water partition coefficient (Wildman–Crippen LogP) is 1.93. The fourth-order valence-electron chi connectivity index (χ4n) is 2.31. The molecule has 0 saturated heterocycles. The van der Waals surface area contributed by atoms with Crippen molar-refractivity contribution in [2.45, 2.75) is 19.6 Å². The van der Waals surface area contributed by atoms with E-state index < -0.39 is 6.10 Å². The molecule has 0 heterocycles. The van der Waals surface area contributed by atoms with Crippen LogP contribution < -0.4 is 0 Å². The molecule has 0 amide bonds. The maximum atomic E-state index is 9.42. The number of aryl methyl sites for hydroxylation is 1. The Morgan fingerprint density at radius 1 is 1.11 bits per heavy atom. The molecule has 0 radical (unpaired) electrons. The Hall–Kier alpha value is -1.42. The Bertz CT molecular complexity index is 553. The summed E-state index contributed by atoms with van der Waals surface area (Å²) in [5.41, 5.74) is 2.48. The molecule has 0 aliphatic rings. The van der Waals surface area contributed by atoms with Crippen LogP contribution in [0.2, 0.25) is 0 Å². The zero-order valence-corrected chi connectivity index (χ0v) is 11.5. The topological polar surface area (TPSA) is 43.7 Å². The smallest absolute Gasteiger partial charge is 0.0897 e. The molecule has 19 heavy (non-hydrogen) atoms. The Kier molecular flexibility index (Phi) is 4.53. The minimum absolute atomic E-state index is 0.193. The van der Waals surface area contributed by atoms with E-state index in [9.17, 15) is 5.11 Å². The van der Waals surface area contributed by atoms with E-state index >= 15 is 0 Å². The van der Waals surface area contributed by atoms with Crippen molar-refractivity contribution in [1.82, 2.24) is 4.90 Å². The molecule has 2 N–H and O–H groups in total. The van der Waals surface area contributed by atoms with Crippen molar-refractivity contribution in [2.75, 3.05) is 20.2 Å². The van der Waals surface area contributed by atoms with Gasteiger partial charge in [0.05, 0.1) is 12.7 Å². The largest absolute Gasteiger partial charge is 0.394 e. The number of likely N-dealkylation sites (N-methyl/N-ethyl adjacent to an activating group) is 1. The first-order valence-corrected chi connectivity index (χ1v) is 6.55. The molecule has 1 unspecified atom stereocenters. The van der Waals surface area contributed by atoms with Gasteiger partial charge in [-0.05, 0) is 36.4 Å². The summed E-state index contributed by atoms with van der Waals surface area (Å²) in [5.74, 6) is 0. The van der Waals surface area contributed by atoms with E-state index in [0.717, 1.165) is 6.54 Å². The summed E-state index contributed by atoms with van der Waals surface area (Å²) in [5, 5.41) is 20.7. The summed E-state index contributed by atoms with van der Waals surface area (Å²) in [6, 6.07) is 12.9. The molecular formula is C16H21NO2. The van der Waals surface area contributed by atoms with Crippen LogP contribution >= 0.6 is 0 Å². The second kappa shape index (κ2) is 6.15. The van der Waals surface area contributed by atoms with Gasteiger partial charge in [-0.2, -0.15) is 0 Å². The van der Waals surface area contributed by atoms with Gasteiger partial charge in [-0.25, -0.2) is 0 Å². The molecule has 3 nitrogen and oxygen atoms in total. The third-order valence-corrected chi connectivity index (χ3v) is 3.25. The Labute approximate surface area is 114 Å². The average molecular weight is 259 g/mol. The van der Waals surface area contributed by atoms with Crippen molar-refractivity contribution in [3.05, 3.63) is 47.5 Å². The van der Waals surface area contributed by atoms with E-state index in [4.69, 9.17) is 5.11 Å². The van der Waals surface area contributed by atoms with E-state index in [-0.39, 0.29) is 6.61 Å². The van der Waals surface area contributed by atoms with Gasteiger partial charge < -0.3 is 10.2 Å². The first kappa shape index (κ1) is 14.0. The molecule has 0 bridgehead atoms. The fourth-order valence-corrected chi connectivity index (χ4v) is 2.31. The van der Waals surface area contributed by atoms with Crippen molar-refractivity contribution in [2.24, 2.45) is 0 Å². The predicted molar refractivity (Wildman–Crippen MR) is 78.1 cm³/mol. The van der Waals surface area contributed by atoms with Gasteiger partial charge in [0.25, 0.3) is 0 Å². The molecule has 0 saturated carbocycles. The average Bonchev–Trinajstić information content (AvgIpc) is 2.38. The summed E-state index contributed by atoms with van der Waals surface area (Å²) in [6.45, 7) is 3.14. The van der Waals surface area contributed by atoms with Crippen LogP contribution in [-0.4, -0.2) is 41.4 Å². The minimum atomic E-state index is -0.673. The number of nitrogens with zero attached hydrogens (tertiary/aromatic N) is 1. The number of hydrogen-bond donors (Lipinski definition) is 2. The molecule has 0 aliphatic carbocycles. The lowest BCUT2D eigenvalue weighted by atomic mass is 10.0. The van der Waals surface area contributed by atoms with E-state index in [1.54, 1.807) is 0 Å². The SMILES string of the molecule is Cc1ccc2cc(CN(C)CC(O)CO)ccc2c1. The van der Waals surface area contributed by atoms with Crippen LogP contribution in [0.4, 0.5) is 0 Å². The third-order valence-electron chi connectivity index (χ3n) is 3.25. The molecule has 0 aromatic heterocycles. The number of aliphatic hydroxyl groups is 2. The van der Waals surface area contributed by atoms with E-state index in [0.29, 0.717) is 6.54 Å². The first-order chi connectivity index (χ1) is 9.08. The highest BCUT2D eigenvalue weighted by molar-refractivity contribution is 5.83. The van der Waals surface area contributed by atoms with Crippen LogP contribution in [0, 0.1) is 6.92 Å². The third kappa shape index (κ3) is 3.77. The molecule has 2 aromatic carbocycles. The zero-order valence-electron chi connectivity index (χ0n) is 11.5. The second-order valence-corrected chi connectivity index (χ2v) is 5.22. The Balaban J connectivity index is 2.11. The zero-order chi connectivity index (χ0) is 13.8. The number of aliphatic hydroxyl groups excluding tert-OH is 2. The van der Waals surface area contributed by atoms with Crippen molar-refractivity contribution in [3.8, 4) is 0 Å². The summed E-state index contributed by atoms with van der Waals surface area (Å²) >= 11 is 0. The fraction of sp³-hybridized carbons (Fsp3) is 0.375. The Morgan fingerprint density at radius 2 is 1.79 bits per heavy atom. The summed E-state index contributed by atoms with van der Waals surface area (Å²) < 4.78 is 0. The molecule has 0 aliphatic heterocycles. The lowest BCUT2D eigenvalue weighted by Gasteiger charge is -2.19. The van der Waals surface area contributed by atoms with Crippen LogP contribution in [0.1, 0.15) is 11.1 Å². The lowest BCUT2D eigenvalue weighted by Crippen LogP contribution is -2.30. The summed E-state index contributed by atoms with van der Waals surface area (Å²) in [4.78, 5) is 2.01. The normalized spacial score (nSPS) is 13.1. The van der Waals surface area contributed by atoms with Gasteiger partial charge in [0.1, 0.15) is 0 Å². The molecule has 0 spiro atoms. The molecule has 2 aromatic rings. The number of rotatable bonds is 5. The van der Waals surface area contributed by atoms with Crippen molar-refractivity contribution >= 4 is 10.8 Å². The monoisotopic (exact) mass is 259 g/mol. The van der Waals surface area contributed by atoms with Gasteiger partial charge in [-0.1, -0.05) is 35.9 Å². The highest BCUT2D eigenvalue weighted by Crippen LogP contribution is 2.18. The maximum absolute atomic E-state index is 9.42. The van der Waals surface area contributed by atoms with Crippen LogP contribution in [0.25, 0.3) is 10.8 Å². The quantitative estimate of drug-likeness (QED) is 0.862. The molecule has 102 valence electrons. The molecule has 1 atom stereocenters. The maximum Gasteiger partial charge on any atom is 0.0897 e. The van der Waals surface area contributed by atoms with Crippen LogP contribution in [0.3, 0.4) is 0 Å². The van der Waals surface area contributed by atoms with E-state index in [1.165, 1.54) is 21.9 Å². The van der Waals surface area contributed by atoms with Crippen molar-refractivity contribution in [3.63, 3.8) is 0 Å². The molecule has 2 rings (SSSR count). The van der Waals surface area contributed by atoms with Gasteiger partial charge in [0, 0.05) is 13.1 Å². The lowest BCUT2D eigenvalue weighted by molar-refractivity contribution is 0.0648. The minimum Gasteiger partial charge on any atom is -0.394 e. The highest BCUT2D eigenvalue weighted by Gasteiger charge is 2.07.